The highest BCUT2D eigenvalue weighted by atomic mass is 35.5. The number of fused-ring (bicyclic) bond motifs is 3. The molecule has 22 heavy (non-hydrogen) atoms. The zero-order valence-electron chi connectivity index (χ0n) is 11.2. The second-order valence-corrected chi connectivity index (χ2v) is 7.49. The van der Waals surface area contributed by atoms with Crippen molar-refractivity contribution in [2.45, 2.75) is 10.9 Å². The zero-order valence-corrected chi connectivity index (χ0v) is 14.3. The van der Waals surface area contributed by atoms with Crippen LogP contribution in [0.25, 0.3) is 15.2 Å². The van der Waals surface area contributed by atoms with E-state index in [9.17, 15) is 0 Å². The molecule has 0 aliphatic heterocycles. The largest absolute Gasteiger partial charge is 0.260 e. The summed E-state index contributed by atoms with van der Waals surface area (Å²) >= 11 is 15.4. The number of para-hydroxylation sites is 1. The summed E-state index contributed by atoms with van der Waals surface area (Å²) in [7, 11) is 0. The number of thiazole rings is 1. The summed E-state index contributed by atoms with van der Waals surface area (Å²) in [6, 6.07) is 13.8. The molecule has 0 saturated carbocycles. The predicted octanol–water partition coefficient (Wildman–Crippen LogP) is 5.54. The average molecular weight is 366 g/mol. The van der Waals surface area contributed by atoms with Gasteiger partial charge in [0.15, 0.2) is 5.16 Å². The van der Waals surface area contributed by atoms with Crippen molar-refractivity contribution >= 4 is 61.5 Å². The lowest BCUT2D eigenvalue weighted by atomic mass is 10.2. The van der Waals surface area contributed by atoms with Crippen molar-refractivity contribution in [3.05, 3.63) is 58.1 Å². The van der Waals surface area contributed by atoms with Gasteiger partial charge in [-0.2, -0.15) is 0 Å². The molecule has 0 aliphatic rings. The predicted molar refractivity (Wildman–Crippen MR) is 94.4 cm³/mol. The zero-order chi connectivity index (χ0) is 15.1. The molecule has 0 unspecified atom stereocenters. The van der Waals surface area contributed by atoms with E-state index >= 15 is 0 Å². The van der Waals surface area contributed by atoms with Crippen molar-refractivity contribution in [3.8, 4) is 0 Å². The number of halogens is 2. The molecule has 0 atom stereocenters. The third-order valence-electron chi connectivity index (χ3n) is 3.28. The maximum Gasteiger partial charge on any atom is 0.217 e. The van der Waals surface area contributed by atoms with Crippen LogP contribution in [0.1, 0.15) is 5.56 Å². The Bertz CT molecular complexity index is 977. The van der Waals surface area contributed by atoms with Crippen LogP contribution >= 0.6 is 46.3 Å². The number of benzene rings is 2. The molecule has 0 amide bonds. The Morgan fingerprint density at radius 1 is 1.09 bits per heavy atom. The SMILES string of the molecule is Clc1ccc(CSc2nnc3sc4ccccc4n23)c(Cl)c1. The van der Waals surface area contributed by atoms with E-state index < -0.39 is 0 Å². The monoisotopic (exact) mass is 365 g/mol. The van der Waals surface area contributed by atoms with Gasteiger partial charge in [-0.1, -0.05) is 64.5 Å². The van der Waals surface area contributed by atoms with Gasteiger partial charge in [-0.15, -0.1) is 10.2 Å². The van der Waals surface area contributed by atoms with Gasteiger partial charge >= 0.3 is 0 Å². The van der Waals surface area contributed by atoms with Gasteiger partial charge in [-0.25, -0.2) is 0 Å². The van der Waals surface area contributed by atoms with Crippen LogP contribution in [0.2, 0.25) is 10.0 Å². The minimum Gasteiger partial charge on any atom is -0.260 e. The topological polar surface area (TPSA) is 30.2 Å². The number of hydrogen-bond donors (Lipinski definition) is 0. The van der Waals surface area contributed by atoms with Crippen molar-refractivity contribution in [1.82, 2.24) is 14.6 Å². The van der Waals surface area contributed by atoms with Crippen LogP contribution in [0, 0.1) is 0 Å². The molecule has 0 radical (unpaired) electrons. The van der Waals surface area contributed by atoms with Crippen LogP contribution in [0.5, 0.6) is 0 Å². The van der Waals surface area contributed by atoms with Gasteiger partial charge in [-0.3, -0.25) is 4.40 Å². The molecule has 4 rings (SSSR count). The van der Waals surface area contributed by atoms with E-state index in [0.29, 0.717) is 10.0 Å². The molecular weight excluding hydrogens is 357 g/mol. The molecule has 2 aromatic carbocycles. The van der Waals surface area contributed by atoms with Crippen molar-refractivity contribution in [2.75, 3.05) is 0 Å². The Morgan fingerprint density at radius 2 is 1.95 bits per heavy atom. The summed E-state index contributed by atoms with van der Waals surface area (Å²) < 4.78 is 3.30. The molecule has 3 nitrogen and oxygen atoms in total. The molecular formula is C15H9Cl2N3S2. The van der Waals surface area contributed by atoms with E-state index in [4.69, 9.17) is 23.2 Å². The lowest BCUT2D eigenvalue weighted by molar-refractivity contribution is 0.940. The van der Waals surface area contributed by atoms with E-state index in [-0.39, 0.29) is 0 Å². The molecule has 0 N–H and O–H groups in total. The fourth-order valence-electron chi connectivity index (χ4n) is 2.23. The smallest absolute Gasteiger partial charge is 0.217 e. The second kappa shape index (κ2) is 5.74. The molecule has 0 aliphatic carbocycles. The van der Waals surface area contributed by atoms with Gasteiger partial charge in [0, 0.05) is 15.8 Å². The molecule has 0 fully saturated rings. The fourth-order valence-corrected chi connectivity index (χ4v) is 4.76. The van der Waals surface area contributed by atoms with E-state index in [2.05, 4.69) is 26.7 Å². The third-order valence-corrected chi connectivity index (χ3v) is 5.86. The number of rotatable bonds is 3. The van der Waals surface area contributed by atoms with Crippen LogP contribution in [0.3, 0.4) is 0 Å². The first-order chi connectivity index (χ1) is 10.7. The van der Waals surface area contributed by atoms with Crippen molar-refractivity contribution < 1.29 is 0 Å². The number of thioether (sulfide) groups is 1. The maximum atomic E-state index is 6.22. The highest BCUT2D eigenvalue weighted by Crippen LogP contribution is 2.32. The molecule has 4 aromatic rings. The molecule has 0 bridgehead atoms. The first kappa shape index (κ1) is 14.3. The lowest BCUT2D eigenvalue weighted by Crippen LogP contribution is -1.88. The standard InChI is InChI=1S/C15H9Cl2N3S2/c16-10-6-5-9(11(17)7-10)8-21-14-18-19-15-20(14)12-3-1-2-4-13(12)22-15/h1-7H,8H2. The average Bonchev–Trinajstić information content (AvgIpc) is 3.05. The summed E-state index contributed by atoms with van der Waals surface area (Å²) in [5.74, 6) is 0.723. The third kappa shape index (κ3) is 2.48. The van der Waals surface area contributed by atoms with Crippen LogP contribution < -0.4 is 0 Å². The van der Waals surface area contributed by atoms with Crippen LogP contribution in [0.15, 0.2) is 47.6 Å². The van der Waals surface area contributed by atoms with Crippen LogP contribution in [-0.4, -0.2) is 14.6 Å². The van der Waals surface area contributed by atoms with Gasteiger partial charge in [0.1, 0.15) is 0 Å². The summed E-state index contributed by atoms with van der Waals surface area (Å²) in [5, 5.41) is 10.7. The molecule has 7 heteroatoms. The Balaban J connectivity index is 1.69. The summed E-state index contributed by atoms with van der Waals surface area (Å²) in [6.07, 6.45) is 0. The normalized spacial score (nSPS) is 11.5. The maximum absolute atomic E-state index is 6.22. The van der Waals surface area contributed by atoms with Crippen LogP contribution in [0.4, 0.5) is 0 Å². The van der Waals surface area contributed by atoms with Crippen molar-refractivity contribution in [2.24, 2.45) is 0 Å². The second-order valence-electron chi connectivity index (χ2n) is 4.69. The highest BCUT2D eigenvalue weighted by Gasteiger charge is 2.13. The molecule has 0 spiro atoms. The van der Waals surface area contributed by atoms with Gasteiger partial charge in [-0.05, 0) is 29.8 Å². The van der Waals surface area contributed by atoms with Gasteiger partial charge in [0.25, 0.3) is 0 Å². The van der Waals surface area contributed by atoms with Crippen molar-refractivity contribution in [1.29, 1.82) is 0 Å². The fraction of sp³-hybridized carbons (Fsp3) is 0.0667. The Labute approximate surface area is 144 Å². The first-order valence-electron chi connectivity index (χ1n) is 6.52. The molecule has 2 heterocycles. The van der Waals surface area contributed by atoms with Gasteiger partial charge in [0.2, 0.25) is 4.96 Å². The Morgan fingerprint density at radius 3 is 2.82 bits per heavy atom. The Hall–Kier alpha value is -1.27. The van der Waals surface area contributed by atoms with E-state index in [1.54, 1.807) is 29.2 Å². The van der Waals surface area contributed by atoms with Gasteiger partial charge < -0.3 is 0 Å². The molecule has 110 valence electrons. The van der Waals surface area contributed by atoms with E-state index in [1.807, 2.05) is 24.3 Å². The number of hydrogen-bond acceptors (Lipinski definition) is 4. The Kier molecular flexibility index (Phi) is 3.74. The quantitative estimate of drug-likeness (QED) is 0.446. The molecule has 0 saturated heterocycles. The summed E-state index contributed by atoms with van der Waals surface area (Å²) in [5.41, 5.74) is 2.17. The van der Waals surface area contributed by atoms with Crippen molar-refractivity contribution in [3.63, 3.8) is 0 Å². The number of nitrogens with zero attached hydrogens (tertiary/aromatic N) is 3. The first-order valence-corrected chi connectivity index (χ1v) is 9.07. The number of aromatic nitrogens is 3. The van der Waals surface area contributed by atoms with Gasteiger partial charge in [0.05, 0.1) is 10.2 Å². The lowest BCUT2D eigenvalue weighted by Gasteiger charge is -2.03. The highest BCUT2D eigenvalue weighted by molar-refractivity contribution is 7.98. The summed E-state index contributed by atoms with van der Waals surface area (Å²) in [6.45, 7) is 0. The minimum atomic E-state index is 0.646. The minimum absolute atomic E-state index is 0.646. The molecule has 2 aromatic heterocycles. The van der Waals surface area contributed by atoms with E-state index in [0.717, 1.165) is 27.0 Å². The van der Waals surface area contributed by atoms with E-state index in [1.165, 1.54) is 4.70 Å². The van der Waals surface area contributed by atoms with Crippen LogP contribution in [-0.2, 0) is 5.75 Å². The summed E-state index contributed by atoms with van der Waals surface area (Å²) in [4.78, 5) is 0.908.